The predicted octanol–water partition coefficient (Wildman–Crippen LogP) is 3.81. The number of carbonyl (C=O) groups is 1. The van der Waals surface area contributed by atoms with E-state index >= 15 is 0 Å². The van der Waals surface area contributed by atoms with E-state index in [0.29, 0.717) is 21.8 Å². The highest BCUT2D eigenvalue weighted by atomic mass is 32.1. The maximum Gasteiger partial charge on any atom is 0.257 e. The lowest BCUT2D eigenvalue weighted by Crippen LogP contribution is -2.11. The summed E-state index contributed by atoms with van der Waals surface area (Å²) in [5.74, 6) is -0.312. The minimum atomic E-state index is -0.312. The van der Waals surface area contributed by atoms with Crippen LogP contribution < -0.4 is 5.32 Å². The Hall–Kier alpha value is -3.48. The number of nitrogens with zero attached hydrogens (tertiary/aromatic N) is 3. The Morgan fingerprint density at radius 3 is 2.50 bits per heavy atom. The minimum absolute atomic E-state index is 0.312. The lowest BCUT2D eigenvalue weighted by Gasteiger charge is -2.02. The Kier molecular flexibility index (Phi) is 4.33. The number of benzene rings is 2. The highest BCUT2D eigenvalue weighted by Gasteiger charge is 2.10. The van der Waals surface area contributed by atoms with Gasteiger partial charge in [0.15, 0.2) is 5.13 Å². The minimum Gasteiger partial charge on any atom is -0.298 e. The lowest BCUT2D eigenvalue weighted by atomic mass is 10.1. The van der Waals surface area contributed by atoms with Gasteiger partial charge >= 0.3 is 0 Å². The largest absolute Gasteiger partial charge is 0.298 e. The van der Waals surface area contributed by atoms with Crippen molar-refractivity contribution in [1.82, 2.24) is 4.98 Å². The van der Waals surface area contributed by atoms with Crippen LogP contribution in [0.5, 0.6) is 0 Å². The van der Waals surface area contributed by atoms with Crippen LogP contribution in [0.25, 0.3) is 11.3 Å². The summed E-state index contributed by atoms with van der Waals surface area (Å²) < 4.78 is 0. The van der Waals surface area contributed by atoms with E-state index in [0.717, 1.165) is 11.3 Å². The van der Waals surface area contributed by atoms with Crippen molar-refractivity contribution in [3.8, 4) is 23.4 Å². The Morgan fingerprint density at radius 2 is 1.79 bits per heavy atom. The first-order valence-electron chi connectivity index (χ1n) is 6.97. The fraction of sp³-hybridized carbons (Fsp3) is 0. The summed E-state index contributed by atoms with van der Waals surface area (Å²) in [5.41, 5.74) is 3.02. The van der Waals surface area contributed by atoms with Crippen LogP contribution in [0.3, 0.4) is 0 Å². The molecular weight excluding hydrogens is 320 g/mol. The van der Waals surface area contributed by atoms with Crippen LogP contribution >= 0.6 is 11.3 Å². The number of thiazole rings is 1. The van der Waals surface area contributed by atoms with Gasteiger partial charge in [-0.25, -0.2) is 4.98 Å². The SMILES string of the molecule is N#Cc1ccc(-c2csc(NC(=O)c3cccc(C#N)c3)n2)cc1. The zero-order valence-electron chi connectivity index (χ0n) is 12.4. The second-order valence-corrected chi connectivity index (χ2v) is 5.73. The predicted molar refractivity (Wildman–Crippen MR) is 91.4 cm³/mol. The van der Waals surface area contributed by atoms with Crippen molar-refractivity contribution in [3.05, 3.63) is 70.6 Å². The molecular formula is C18H10N4OS. The van der Waals surface area contributed by atoms with E-state index < -0.39 is 0 Å². The highest BCUT2D eigenvalue weighted by molar-refractivity contribution is 7.14. The van der Waals surface area contributed by atoms with Crippen LogP contribution in [-0.2, 0) is 0 Å². The van der Waals surface area contributed by atoms with Gasteiger partial charge in [-0.15, -0.1) is 11.3 Å². The van der Waals surface area contributed by atoms with E-state index in [9.17, 15) is 4.79 Å². The molecule has 0 unspecified atom stereocenters. The Bertz CT molecular complexity index is 977. The van der Waals surface area contributed by atoms with Gasteiger partial charge in [-0.2, -0.15) is 10.5 Å². The van der Waals surface area contributed by atoms with Crippen molar-refractivity contribution in [2.75, 3.05) is 5.32 Å². The average molecular weight is 330 g/mol. The molecule has 1 aromatic heterocycles. The summed E-state index contributed by atoms with van der Waals surface area (Å²) in [7, 11) is 0. The molecule has 0 aliphatic rings. The van der Waals surface area contributed by atoms with Crippen LogP contribution in [0.2, 0.25) is 0 Å². The summed E-state index contributed by atoms with van der Waals surface area (Å²) in [6.45, 7) is 0. The van der Waals surface area contributed by atoms with Crippen LogP contribution in [0.1, 0.15) is 21.5 Å². The zero-order chi connectivity index (χ0) is 16.9. The van der Waals surface area contributed by atoms with E-state index in [1.54, 1.807) is 30.3 Å². The molecule has 1 N–H and O–H groups in total. The number of hydrogen-bond acceptors (Lipinski definition) is 5. The Morgan fingerprint density at radius 1 is 1.04 bits per heavy atom. The number of nitrogens with one attached hydrogen (secondary N) is 1. The molecule has 3 rings (SSSR count). The molecule has 3 aromatic rings. The molecule has 0 bridgehead atoms. The maximum absolute atomic E-state index is 12.2. The molecule has 0 aliphatic heterocycles. The first-order valence-corrected chi connectivity index (χ1v) is 7.85. The molecule has 0 spiro atoms. The third-order valence-electron chi connectivity index (χ3n) is 3.29. The monoisotopic (exact) mass is 330 g/mol. The van der Waals surface area contributed by atoms with Crippen molar-refractivity contribution in [2.45, 2.75) is 0 Å². The van der Waals surface area contributed by atoms with Gasteiger partial charge in [-0.3, -0.25) is 10.1 Å². The molecule has 24 heavy (non-hydrogen) atoms. The fourth-order valence-corrected chi connectivity index (χ4v) is 2.79. The smallest absolute Gasteiger partial charge is 0.257 e. The quantitative estimate of drug-likeness (QED) is 0.791. The van der Waals surface area contributed by atoms with Gasteiger partial charge in [0.05, 0.1) is 29.0 Å². The van der Waals surface area contributed by atoms with Crippen molar-refractivity contribution < 1.29 is 4.79 Å². The van der Waals surface area contributed by atoms with Crippen molar-refractivity contribution in [1.29, 1.82) is 10.5 Å². The second-order valence-electron chi connectivity index (χ2n) is 4.87. The zero-order valence-corrected chi connectivity index (χ0v) is 13.2. The van der Waals surface area contributed by atoms with E-state index in [1.807, 2.05) is 23.6 Å². The summed E-state index contributed by atoms with van der Waals surface area (Å²) in [5, 5.41) is 22.7. The van der Waals surface area contributed by atoms with Gasteiger partial charge < -0.3 is 0 Å². The van der Waals surface area contributed by atoms with Gasteiger partial charge in [0.25, 0.3) is 5.91 Å². The van der Waals surface area contributed by atoms with Gasteiger partial charge in [0, 0.05) is 16.5 Å². The van der Waals surface area contributed by atoms with Crippen LogP contribution in [-0.4, -0.2) is 10.9 Å². The Balaban J connectivity index is 1.77. The number of amides is 1. The third kappa shape index (κ3) is 3.30. The maximum atomic E-state index is 12.2. The number of aromatic nitrogens is 1. The number of hydrogen-bond donors (Lipinski definition) is 1. The second kappa shape index (κ2) is 6.74. The fourth-order valence-electron chi connectivity index (χ4n) is 2.08. The van der Waals surface area contributed by atoms with Crippen molar-refractivity contribution >= 4 is 22.4 Å². The number of anilines is 1. The lowest BCUT2D eigenvalue weighted by molar-refractivity contribution is 0.102. The molecule has 0 atom stereocenters. The molecule has 0 radical (unpaired) electrons. The van der Waals surface area contributed by atoms with E-state index in [1.165, 1.54) is 17.4 Å². The summed E-state index contributed by atoms with van der Waals surface area (Å²) in [6.07, 6.45) is 0. The molecule has 1 heterocycles. The summed E-state index contributed by atoms with van der Waals surface area (Å²) in [4.78, 5) is 16.6. The third-order valence-corrected chi connectivity index (χ3v) is 4.05. The highest BCUT2D eigenvalue weighted by Crippen LogP contribution is 2.25. The van der Waals surface area contributed by atoms with Gasteiger partial charge in [0.1, 0.15) is 0 Å². The number of nitriles is 2. The normalized spacial score (nSPS) is 9.75. The molecule has 6 heteroatoms. The topological polar surface area (TPSA) is 89.6 Å². The Labute approximate surface area is 142 Å². The van der Waals surface area contributed by atoms with Gasteiger partial charge in [-0.05, 0) is 30.3 Å². The average Bonchev–Trinajstić information content (AvgIpc) is 3.10. The molecule has 0 aliphatic carbocycles. The first kappa shape index (κ1) is 15.4. The van der Waals surface area contributed by atoms with Crippen LogP contribution in [0.4, 0.5) is 5.13 Å². The molecule has 0 fully saturated rings. The van der Waals surface area contributed by atoms with Crippen molar-refractivity contribution in [3.63, 3.8) is 0 Å². The van der Waals surface area contributed by atoms with E-state index in [4.69, 9.17) is 10.5 Å². The van der Waals surface area contributed by atoms with Gasteiger partial charge in [0.2, 0.25) is 0 Å². The van der Waals surface area contributed by atoms with Crippen LogP contribution in [0.15, 0.2) is 53.9 Å². The summed E-state index contributed by atoms with van der Waals surface area (Å²) in [6, 6.07) is 17.6. The van der Waals surface area contributed by atoms with E-state index in [-0.39, 0.29) is 5.91 Å². The summed E-state index contributed by atoms with van der Waals surface area (Å²) >= 11 is 1.31. The molecule has 2 aromatic carbocycles. The molecule has 0 saturated heterocycles. The van der Waals surface area contributed by atoms with E-state index in [2.05, 4.69) is 16.4 Å². The standard InChI is InChI=1S/C18H10N4OS/c19-9-12-4-6-14(7-5-12)16-11-24-18(21-16)22-17(23)15-3-1-2-13(8-15)10-20/h1-8,11H,(H,21,22,23). The molecule has 5 nitrogen and oxygen atoms in total. The number of rotatable bonds is 3. The first-order chi connectivity index (χ1) is 11.7. The molecule has 114 valence electrons. The molecule has 1 amide bonds. The van der Waals surface area contributed by atoms with Crippen LogP contribution in [0, 0.1) is 22.7 Å². The number of carbonyl (C=O) groups excluding carboxylic acids is 1. The molecule has 0 saturated carbocycles. The van der Waals surface area contributed by atoms with Gasteiger partial charge in [-0.1, -0.05) is 18.2 Å². The van der Waals surface area contributed by atoms with Crippen molar-refractivity contribution in [2.24, 2.45) is 0 Å².